The molecule has 0 aromatic rings. The Morgan fingerprint density at radius 3 is 2.47 bits per heavy atom. The van der Waals surface area contributed by atoms with E-state index >= 15 is 0 Å². The second-order valence-corrected chi connectivity index (χ2v) is 4.54. The molecule has 0 heterocycles. The third-order valence-electron chi connectivity index (χ3n) is 2.82. The van der Waals surface area contributed by atoms with E-state index in [1.165, 1.54) is 12.8 Å². The minimum Gasteiger partial charge on any atom is -0.481 e. The molecule has 1 atom stereocenters. The van der Waals surface area contributed by atoms with Gasteiger partial charge in [-0.1, -0.05) is 33.1 Å². The fraction of sp³-hybridized carbons (Fsp3) is 0.846. The third kappa shape index (κ3) is 9.85. The summed E-state index contributed by atoms with van der Waals surface area (Å²) in [5.41, 5.74) is 0. The molecular formula is C13H25NO3. The summed E-state index contributed by atoms with van der Waals surface area (Å²) in [6, 6.07) is 0. The van der Waals surface area contributed by atoms with Crippen molar-refractivity contribution in [2.75, 3.05) is 6.54 Å². The van der Waals surface area contributed by atoms with Crippen molar-refractivity contribution in [3.8, 4) is 0 Å². The molecule has 4 heteroatoms. The first-order valence-electron chi connectivity index (χ1n) is 6.57. The highest BCUT2D eigenvalue weighted by Crippen LogP contribution is 2.05. The van der Waals surface area contributed by atoms with Gasteiger partial charge in [0.25, 0.3) is 0 Å². The number of hydrogen-bond acceptors (Lipinski definition) is 2. The fourth-order valence-corrected chi connectivity index (χ4v) is 1.56. The van der Waals surface area contributed by atoms with Crippen LogP contribution in [0.1, 0.15) is 58.8 Å². The van der Waals surface area contributed by atoms with Gasteiger partial charge in [0.1, 0.15) is 0 Å². The summed E-state index contributed by atoms with van der Waals surface area (Å²) >= 11 is 0. The van der Waals surface area contributed by atoms with Gasteiger partial charge in [0.05, 0.1) is 5.92 Å². The molecule has 0 aromatic heterocycles. The maximum Gasteiger partial charge on any atom is 0.306 e. The Morgan fingerprint density at radius 2 is 1.88 bits per heavy atom. The van der Waals surface area contributed by atoms with Crippen molar-refractivity contribution in [3.05, 3.63) is 0 Å². The molecule has 0 spiro atoms. The Hall–Kier alpha value is -1.06. The number of carbonyl (C=O) groups is 2. The lowest BCUT2D eigenvalue weighted by Crippen LogP contribution is -2.24. The van der Waals surface area contributed by atoms with Crippen LogP contribution in [0.3, 0.4) is 0 Å². The molecule has 0 fully saturated rings. The van der Waals surface area contributed by atoms with Gasteiger partial charge >= 0.3 is 5.97 Å². The Bertz CT molecular complexity index is 229. The Labute approximate surface area is 104 Å². The van der Waals surface area contributed by atoms with E-state index in [1.807, 2.05) is 0 Å². The quantitative estimate of drug-likeness (QED) is 0.579. The zero-order valence-corrected chi connectivity index (χ0v) is 11.0. The maximum absolute atomic E-state index is 11.4. The van der Waals surface area contributed by atoms with Crippen LogP contribution in [0, 0.1) is 5.92 Å². The van der Waals surface area contributed by atoms with Crippen LogP contribution in [-0.4, -0.2) is 23.5 Å². The molecule has 0 aliphatic heterocycles. The van der Waals surface area contributed by atoms with Crippen LogP contribution in [0.4, 0.5) is 0 Å². The van der Waals surface area contributed by atoms with Gasteiger partial charge in [-0.05, 0) is 19.3 Å². The van der Waals surface area contributed by atoms with Crippen molar-refractivity contribution in [3.63, 3.8) is 0 Å². The normalized spacial score (nSPS) is 12.1. The van der Waals surface area contributed by atoms with Crippen LogP contribution in [0.25, 0.3) is 0 Å². The van der Waals surface area contributed by atoms with Gasteiger partial charge in [-0.3, -0.25) is 9.59 Å². The zero-order chi connectivity index (χ0) is 13.1. The van der Waals surface area contributed by atoms with Gasteiger partial charge in [-0.15, -0.1) is 0 Å². The van der Waals surface area contributed by atoms with Crippen molar-refractivity contribution < 1.29 is 14.7 Å². The van der Waals surface area contributed by atoms with Crippen LogP contribution in [0.15, 0.2) is 0 Å². The number of amides is 1. The van der Waals surface area contributed by atoms with Crippen molar-refractivity contribution in [2.24, 2.45) is 5.92 Å². The molecule has 1 unspecified atom stereocenters. The molecule has 0 saturated carbocycles. The number of carboxylic acid groups (broad SMARTS) is 1. The molecule has 0 aliphatic rings. The molecule has 0 aliphatic carbocycles. The SMILES string of the molecule is CCCCCCC(=O)NCCCC(C)C(=O)O. The van der Waals surface area contributed by atoms with E-state index in [2.05, 4.69) is 12.2 Å². The first-order valence-corrected chi connectivity index (χ1v) is 6.57. The molecule has 0 saturated heterocycles. The van der Waals surface area contributed by atoms with Gasteiger partial charge in [0.2, 0.25) is 5.91 Å². The summed E-state index contributed by atoms with van der Waals surface area (Å²) in [7, 11) is 0. The van der Waals surface area contributed by atoms with Crippen LogP contribution in [-0.2, 0) is 9.59 Å². The van der Waals surface area contributed by atoms with Crippen molar-refractivity contribution in [2.45, 2.75) is 58.8 Å². The smallest absolute Gasteiger partial charge is 0.306 e. The number of aliphatic carboxylic acids is 1. The molecule has 0 rings (SSSR count). The third-order valence-corrected chi connectivity index (χ3v) is 2.82. The minimum atomic E-state index is -0.768. The first kappa shape index (κ1) is 15.9. The number of hydrogen-bond donors (Lipinski definition) is 2. The zero-order valence-electron chi connectivity index (χ0n) is 11.0. The summed E-state index contributed by atoms with van der Waals surface area (Å²) in [6.45, 7) is 4.42. The number of rotatable bonds is 10. The highest BCUT2D eigenvalue weighted by atomic mass is 16.4. The second kappa shape index (κ2) is 10.1. The van der Waals surface area contributed by atoms with E-state index in [0.29, 0.717) is 19.4 Å². The predicted molar refractivity (Wildman–Crippen MR) is 67.8 cm³/mol. The molecule has 1 amide bonds. The summed E-state index contributed by atoms with van der Waals surface area (Å²) in [5, 5.41) is 11.5. The van der Waals surface area contributed by atoms with E-state index < -0.39 is 5.97 Å². The van der Waals surface area contributed by atoms with E-state index in [1.54, 1.807) is 6.92 Å². The van der Waals surface area contributed by atoms with Gasteiger partial charge < -0.3 is 10.4 Å². The topological polar surface area (TPSA) is 66.4 Å². The average molecular weight is 243 g/mol. The van der Waals surface area contributed by atoms with E-state index in [9.17, 15) is 9.59 Å². The van der Waals surface area contributed by atoms with Crippen LogP contribution in [0.5, 0.6) is 0 Å². The summed E-state index contributed by atoms with van der Waals surface area (Å²) in [5.74, 6) is -1.00. The predicted octanol–water partition coefficient (Wildman–Crippen LogP) is 2.57. The monoisotopic (exact) mass is 243 g/mol. The minimum absolute atomic E-state index is 0.0871. The summed E-state index contributed by atoms with van der Waals surface area (Å²) in [4.78, 5) is 21.9. The molecule has 0 bridgehead atoms. The molecular weight excluding hydrogens is 218 g/mol. The fourth-order valence-electron chi connectivity index (χ4n) is 1.56. The van der Waals surface area contributed by atoms with Crippen LogP contribution in [0.2, 0.25) is 0 Å². The number of nitrogens with one attached hydrogen (secondary N) is 1. The number of carbonyl (C=O) groups excluding carboxylic acids is 1. The van der Waals surface area contributed by atoms with E-state index in [0.717, 1.165) is 19.3 Å². The molecule has 0 radical (unpaired) electrons. The highest BCUT2D eigenvalue weighted by Gasteiger charge is 2.09. The lowest BCUT2D eigenvalue weighted by atomic mass is 10.1. The van der Waals surface area contributed by atoms with Gasteiger partial charge in [-0.2, -0.15) is 0 Å². The average Bonchev–Trinajstić information content (AvgIpc) is 2.29. The summed E-state index contributed by atoms with van der Waals surface area (Å²) in [6.07, 6.45) is 6.36. The second-order valence-electron chi connectivity index (χ2n) is 4.54. The van der Waals surface area contributed by atoms with Crippen LogP contribution < -0.4 is 5.32 Å². The molecule has 2 N–H and O–H groups in total. The Balaban J connectivity index is 3.36. The lowest BCUT2D eigenvalue weighted by molar-refractivity contribution is -0.141. The van der Waals surface area contributed by atoms with Crippen molar-refractivity contribution >= 4 is 11.9 Å². The van der Waals surface area contributed by atoms with Gasteiger partial charge in [0.15, 0.2) is 0 Å². The summed E-state index contributed by atoms with van der Waals surface area (Å²) < 4.78 is 0. The van der Waals surface area contributed by atoms with E-state index in [4.69, 9.17) is 5.11 Å². The first-order chi connectivity index (χ1) is 8.07. The standard InChI is InChI=1S/C13H25NO3/c1-3-4-5-6-9-12(15)14-10-7-8-11(2)13(16)17/h11H,3-10H2,1-2H3,(H,14,15)(H,16,17). The van der Waals surface area contributed by atoms with Gasteiger partial charge in [0, 0.05) is 13.0 Å². The maximum atomic E-state index is 11.4. The van der Waals surface area contributed by atoms with Crippen molar-refractivity contribution in [1.82, 2.24) is 5.32 Å². The van der Waals surface area contributed by atoms with Crippen LogP contribution >= 0.6 is 0 Å². The van der Waals surface area contributed by atoms with E-state index in [-0.39, 0.29) is 11.8 Å². The van der Waals surface area contributed by atoms with Gasteiger partial charge in [-0.25, -0.2) is 0 Å². The molecule has 0 aromatic carbocycles. The number of carboxylic acids is 1. The van der Waals surface area contributed by atoms with Crippen molar-refractivity contribution in [1.29, 1.82) is 0 Å². The molecule has 4 nitrogen and oxygen atoms in total. The Morgan fingerprint density at radius 1 is 1.18 bits per heavy atom. The number of unbranched alkanes of at least 4 members (excludes halogenated alkanes) is 3. The Kier molecular flexibility index (Phi) is 9.49. The molecule has 17 heavy (non-hydrogen) atoms. The highest BCUT2D eigenvalue weighted by molar-refractivity contribution is 5.75. The molecule has 100 valence electrons. The lowest BCUT2D eigenvalue weighted by Gasteiger charge is -2.07. The largest absolute Gasteiger partial charge is 0.481 e.